The van der Waals surface area contributed by atoms with Crippen molar-refractivity contribution in [3.63, 3.8) is 0 Å². The lowest BCUT2D eigenvalue weighted by atomic mass is 9.84. The Morgan fingerprint density at radius 1 is 0.792 bits per heavy atom. The van der Waals surface area contributed by atoms with E-state index in [1.807, 2.05) is 42.5 Å². The van der Waals surface area contributed by atoms with Crippen molar-refractivity contribution in [3.05, 3.63) is 112 Å². The summed E-state index contributed by atoms with van der Waals surface area (Å²) in [4.78, 5) is 11.8. The molecule has 0 aromatic heterocycles. The topological polar surface area (TPSA) is 43.1 Å². The van der Waals surface area contributed by atoms with Gasteiger partial charge in [-0.1, -0.05) is 84.4 Å². The fourth-order valence-corrected chi connectivity index (χ4v) is 2.97. The number of halogens is 1. The first-order valence-corrected chi connectivity index (χ1v) is 8.09. The van der Waals surface area contributed by atoms with Crippen LogP contribution in [0.2, 0.25) is 5.02 Å². The lowest BCUT2D eigenvalue weighted by Crippen LogP contribution is -2.14. The minimum absolute atomic E-state index is 0.0242. The summed E-state index contributed by atoms with van der Waals surface area (Å²) >= 11 is 6.51. The van der Waals surface area contributed by atoms with E-state index in [0.717, 1.165) is 22.6 Å². The SMILES string of the molecule is NCC(=O)c1ccc([C](c2ccccc2)c2ccccc2)c(Cl)c1. The molecule has 0 bridgehead atoms. The smallest absolute Gasteiger partial charge is 0.176 e. The lowest BCUT2D eigenvalue weighted by molar-refractivity contribution is 0.100. The summed E-state index contributed by atoms with van der Waals surface area (Å²) in [6.45, 7) is -0.0242. The maximum Gasteiger partial charge on any atom is 0.176 e. The van der Waals surface area contributed by atoms with Gasteiger partial charge < -0.3 is 5.73 Å². The van der Waals surface area contributed by atoms with Gasteiger partial charge in [0.25, 0.3) is 0 Å². The molecule has 0 aliphatic rings. The lowest BCUT2D eigenvalue weighted by Gasteiger charge is -2.19. The van der Waals surface area contributed by atoms with Gasteiger partial charge in [-0.05, 0) is 22.8 Å². The molecule has 0 unspecified atom stereocenters. The second-order valence-electron chi connectivity index (χ2n) is 5.43. The Morgan fingerprint density at radius 2 is 1.33 bits per heavy atom. The Hall–Kier alpha value is -2.42. The molecule has 24 heavy (non-hydrogen) atoms. The van der Waals surface area contributed by atoms with Gasteiger partial charge in [0.1, 0.15) is 0 Å². The van der Waals surface area contributed by atoms with Gasteiger partial charge in [0.2, 0.25) is 0 Å². The number of carbonyl (C=O) groups is 1. The molecule has 0 fully saturated rings. The summed E-state index contributed by atoms with van der Waals surface area (Å²) in [5.41, 5.74) is 9.01. The van der Waals surface area contributed by atoms with Crippen LogP contribution < -0.4 is 5.73 Å². The van der Waals surface area contributed by atoms with Crippen molar-refractivity contribution >= 4 is 17.4 Å². The summed E-state index contributed by atoms with van der Waals surface area (Å²) in [6.07, 6.45) is 0. The predicted molar refractivity (Wildman–Crippen MR) is 98.3 cm³/mol. The van der Waals surface area contributed by atoms with E-state index in [2.05, 4.69) is 24.3 Å². The number of hydrogen-bond acceptors (Lipinski definition) is 2. The minimum atomic E-state index is -0.121. The van der Waals surface area contributed by atoms with Crippen LogP contribution in [-0.2, 0) is 0 Å². The Kier molecular flexibility index (Phi) is 5.09. The van der Waals surface area contributed by atoms with Crippen LogP contribution in [-0.4, -0.2) is 12.3 Å². The molecule has 0 heterocycles. The van der Waals surface area contributed by atoms with E-state index in [4.69, 9.17) is 17.3 Å². The molecule has 3 heteroatoms. The monoisotopic (exact) mass is 334 g/mol. The highest BCUT2D eigenvalue weighted by Crippen LogP contribution is 2.35. The summed E-state index contributed by atoms with van der Waals surface area (Å²) in [5, 5.41) is 0.539. The van der Waals surface area contributed by atoms with Crippen molar-refractivity contribution in [1.82, 2.24) is 0 Å². The van der Waals surface area contributed by atoms with E-state index in [9.17, 15) is 4.79 Å². The Balaban J connectivity index is 2.12. The van der Waals surface area contributed by atoms with Crippen molar-refractivity contribution in [2.45, 2.75) is 0 Å². The van der Waals surface area contributed by atoms with E-state index in [0.29, 0.717) is 10.6 Å². The van der Waals surface area contributed by atoms with Crippen LogP contribution in [0.1, 0.15) is 27.0 Å². The quantitative estimate of drug-likeness (QED) is 0.551. The van der Waals surface area contributed by atoms with Gasteiger partial charge in [-0.2, -0.15) is 0 Å². The molecule has 1 radical (unpaired) electrons. The molecule has 3 aromatic carbocycles. The van der Waals surface area contributed by atoms with Crippen LogP contribution in [0, 0.1) is 5.92 Å². The third kappa shape index (κ3) is 3.40. The molecule has 0 amide bonds. The Morgan fingerprint density at radius 3 is 1.79 bits per heavy atom. The molecule has 3 aromatic rings. The fraction of sp³-hybridized carbons (Fsp3) is 0.0476. The molecule has 0 spiro atoms. The second-order valence-corrected chi connectivity index (χ2v) is 5.84. The predicted octanol–water partition coefficient (Wildman–Crippen LogP) is 4.50. The average molecular weight is 335 g/mol. The average Bonchev–Trinajstić information content (AvgIpc) is 2.64. The van der Waals surface area contributed by atoms with Crippen molar-refractivity contribution in [2.75, 3.05) is 6.54 Å². The zero-order chi connectivity index (χ0) is 16.9. The number of ketones is 1. The maximum atomic E-state index is 11.8. The molecule has 2 nitrogen and oxygen atoms in total. The first kappa shape index (κ1) is 16.4. The van der Waals surface area contributed by atoms with Crippen LogP contribution in [0.5, 0.6) is 0 Å². The van der Waals surface area contributed by atoms with Gasteiger partial charge in [-0.3, -0.25) is 4.79 Å². The molecular weight excluding hydrogens is 318 g/mol. The van der Waals surface area contributed by atoms with Gasteiger partial charge in [0.05, 0.1) is 12.5 Å². The van der Waals surface area contributed by atoms with Gasteiger partial charge in [-0.25, -0.2) is 0 Å². The van der Waals surface area contributed by atoms with Crippen LogP contribution in [0.25, 0.3) is 0 Å². The maximum absolute atomic E-state index is 11.8. The molecule has 3 rings (SSSR count). The number of Topliss-reactive ketones (excluding diaryl/α,β-unsaturated/α-hetero) is 1. The normalized spacial score (nSPS) is 10.8. The standard InChI is InChI=1S/C21H17ClNO/c22-19-13-17(20(24)14-23)11-12-18(19)21(15-7-3-1-4-8-15)16-9-5-2-6-10-16/h1-13H,14,23H2. The highest BCUT2D eigenvalue weighted by Gasteiger charge is 2.20. The van der Waals surface area contributed by atoms with Crippen molar-refractivity contribution in [3.8, 4) is 0 Å². The summed E-state index contributed by atoms with van der Waals surface area (Å²) in [5.74, 6) is 0.914. The molecular formula is C21H17ClNO. The first-order chi connectivity index (χ1) is 11.7. The number of benzene rings is 3. The largest absolute Gasteiger partial charge is 0.324 e. The zero-order valence-electron chi connectivity index (χ0n) is 13.1. The molecule has 119 valence electrons. The molecule has 0 atom stereocenters. The summed E-state index contributed by atoms with van der Waals surface area (Å²) < 4.78 is 0. The second kappa shape index (κ2) is 7.43. The molecule has 0 aliphatic carbocycles. The zero-order valence-corrected chi connectivity index (χ0v) is 13.8. The minimum Gasteiger partial charge on any atom is -0.324 e. The summed E-state index contributed by atoms with van der Waals surface area (Å²) in [7, 11) is 0. The van der Waals surface area contributed by atoms with E-state index < -0.39 is 0 Å². The van der Waals surface area contributed by atoms with Crippen LogP contribution in [0.15, 0.2) is 78.9 Å². The van der Waals surface area contributed by atoms with Gasteiger partial charge in [0.15, 0.2) is 5.78 Å². The number of nitrogens with two attached hydrogens (primary N) is 1. The molecule has 0 saturated heterocycles. The number of rotatable bonds is 5. The Bertz CT molecular complexity index is 791. The van der Waals surface area contributed by atoms with Crippen molar-refractivity contribution < 1.29 is 4.79 Å². The van der Waals surface area contributed by atoms with Crippen LogP contribution in [0.4, 0.5) is 0 Å². The fourth-order valence-electron chi connectivity index (χ4n) is 2.70. The van der Waals surface area contributed by atoms with Crippen LogP contribution in [0.3, 0.4) is 0 Å². The van der Waals surface area contributed by atoms with Gasteiger partial charge in [0, 0.05) is 10.6 Å². The number of carbonyl (C=O) groups excluding carboxylic acids is 1. The molecule has 0 aliphatic heterocycles. The van der Waals surface area contributed by atoms with E-state index in [1.165, 1.54) is 0 Å². The van der Waals surface area contributed by atoms with Gasteiger partial charge in [-0.15, -0.1) is 0 Å². The Labute approximate surface area is 146 Å². The van der Waals surface area contributed by atoms with Crippen LogP contribution >= 0.6 is 11.6 Å². The third-order valence-electron chi connectivity index (χ3n) is 3.87. The van der Waals surface area contributed by atoms with E-state index >= 15 is 0 Å². The highest BCUT2D eigenvalue weighted by atomic mass is 35.5. The van der Waals surface area contributed by atoms with Crippen molar-refractivity contribution in [2.24, 2.45) is 5.73 Å². The highest BCUT2D eigenvalue weighted by molar-refractivity contribution is 6.32. The van der Waals surface area contributed by atoms with E-state index in [-0.39, 0.29) is 12.3 Å². The van der Waals surface area contributed by atoms with E-state index in [1.54, 1.807) is 12.1 Å². The van der Waals surface area contributed by atoms with Gasteiger partial charge >= 0.3 is 0 Å². The molecule has 0 saturated carbocycles. The van der Waals surface area contributed by atoms with Crippen molar-refractivity contribution in [1.29, 1.82) is 0 Å². The third-order valence-corrected chi connectivity index (χ3v) is 4.18. The summed E-state index contributed by atoms with van der Waals surface area (Å²) in [6, 6.07) is 25.5. The first-order valence-electron chi connectivity index (χ1n) is 7.71. The number of hydrogen-bond donors (Lipinski definition) is 1. The molecule has 2 N–H and O–H groups in total.